The fourth-order valence-corrected chi connectivity index (χ4v) is 2.76. The van der Waals surface area contributed by atoms with Crippen LogP contribution in [-0.4, -0.2) is 47.8 Å². The molecule has 0 spiro atoms. The Kier molecular flexibility index (Phi) is 14.1. The van der Waals surface area contributed by atoms with Gasteiger partial charge in [-0.3, -0.25) is 19.2 Å². The third-order valence-corrected chi connectivity index (χ3v) is 4.58. The van der Waals surface area contributed by atoms with E-state index in [0.29, 0.717) is 38.8 Å². The summed E-state index contributed by atoms with van der Waals surface area (Å²) in [6, 6.07) is 8.62. The Morgan fingerprint density at radius 2 is 1.73 bits per heavy atom. The minimum Gasteiger partial charge on any atom is -0.481 e. The Balaban J connectivity index is 0.00000841. The van der Waals surface area contributed by atoms with Crippen LogP contribution in [0.1, 0.15) is 44.6 Å². The van der Waals surface area contributed by atoms with Crippen molar-refractivity contribution in [3.63, 3.8) is 0 Å². The SMILES string of the molecule is C[C@@H](CCC(=O)O)C(=O)N[C@@H](CCCCN)C(=O)C(=O)NCCc1ccccc1.Cl. The number of hydrogen-bond acceptors (Lipinski definition) is 5. The monoisotopic (exact) mass is 441 g/mol. The average molecular weight is 442 g/mol. The Morgan fingerprint density at radius 3 is 2.33 bits per heavy atom. The van der Waals surface area contributed by atoms with E-state index in [0.717, 1.165) is 5.56 Å². The van der Waals surface area contributed by atoms with E-state index in [4.69, 9.17) is 10.8 Å². The molecule has 0 radical (unpaired) electrons. The summed E-state index contributed by atoms with van der Waals surface area (Å²) in [5.41, 5.74) is 6.52. The van der Waals surface area contributed by atoms with Gasteiger partial charge in [0.15, 0.2) is 0 Å². The number of unbranched alkanes of at least 4 members (excludes halogenated alkanes) is 1. The van der Waals surface area contributed by atoms with E-state index in [-0.39, 0.29) is 25.2 Å². The van der Waals surface area contributed by atoms with Gasteiger partial charge in [-0.1, -0.05) is 37.3 Å². The quantitative estimate of drug-likeness (QED) is 0.254. The standard InChI is InChI=1S/C21H31N3O5.ClH/c1-15(10-11-18(25)26)20(28)24-17(9-5-6-13-22)19(27)21(29)23-14-12-16-7-3-2-4-8-16;/h2-4,7-8,15,17H,5-6,9-14,22H2,1H3,(H,23,29)(H,24,28)(H,25,26);1H/t15-,17-;/m0./s1. The first-order valence-corrected chi connectivity index (χ1v) is 9.93. The predicted octanol–water partition coefficient (Wildman–Crippen LogP) is 1.45. The highest BCUT2D eigenvalue weighted by molar-refractivity contribution is 6.38. The zero-order valence-corrected chi connectivity index (χ0v) is 18.1. The summed E-state index contributed by atoms with van der Waals surface area (Å²) in [5.74, 6) is -3.43. The maximum Gasteiger partial charge on any atom is 0.303 e. The molecule has 0 saturated carbocycles. The van der Waals surface area contributed by atoms with E-state index in [1.54, 1.807) is 6.92 Å². The minimum absolute atomic E-state index is 0. The molecule has 8 nitrogen and oxygen atoms in total. The van der Waals surface area contributed by atoms with E-state index in [1.807, 2.05) is 30.3 Å². The topological polar surface area (TPSA) is 139 Å². The summed E-state index contributed by atoms with van der Waals surface area (Å²) in [7, 11) is 0. The van der Waals surface area contributed by atoms with Gasteiger partial charge in [0, 0.05) is 18.9 Å². The van der Waals surface area contributed by atoms with Crippen LogP contribution in [0.15, 0.2) is 30.3 Å². The van der Waals surface area contributed by atoms with Gasteiger partial charge in [-0.25, -0.2) is 0 Å². The highest BCUT2D eigenvalue weighted by atomic mass is 35.5. The number of nitrogens with one attached hydrogen (secondary N) is 2. The molecule has 0 heterocycles. The molecular weight excluding hydrogens is 410 g/mol. The van der Waals surface area contributed by atoms with Crippen LogP contribution < -0.4 is 16.4 Å². The molecule has 0 fully saturated rings. The number of carboxylic acid groups (broad SMARTS) is 1. The van der Waals surface area contributed by atoms with Crippen molar-refractivity contribution in [2.75, 3.05) is 13.1 Å². The number of nitrogens with two attached hydrogens (primary N) is 1. The van der Waals surface area contributed by atoms with E-state index in [1.165, 1.54) is 0 Å². The number of Topliss-reactive ketones (excluding diaryl/α,β-unsaturated/α-hetero) is 1. The second-order valence-electron chi connectivity index (χ2n) is 7.03. The first-order valence-electron chi connectivity index (χ1n) is 9.93. The van der Waals surface area contributed by atoms with Gasteiger partial charge in [0.25, 0.3) is 5.91 Å². The smallest absolute Gasteiger partial charge is 0.303 e. The van der Waals surface area contributed by atoms with Gasteiger partial charge < -0.3 is 21.5 Å². The van der Waals surface area contributed by atoms with E-state index in [2.05, 4.69) is 10.6 Å². The molecule has 1 aromatic rings. The number of ketones is 1. The molecule has 1 aromatic carbocycles. The van der Waals surface area contributed by atoms with Crippen molar-refractivity contribution in [2.24, 2.45) is 11.7 Å². The molecule has 168 valence electrons. The number of carbonyl (C=O) groups is 4. The van der Waals surface area contributed by atoms with Crippen LogP contribution in [0, 0.1) is 5.92 Å². The lowest BCUT2D eigenvalue weighted by Crippen LogP contribution is -2.49. The number of rotatable bonds is 14. The van der Waals surface area contributed by atoms with Gasteiger partial charge in [-0.2, -0.15) is 0 Å². The first kappa shape index (κ1) is 27.5. The Hall–Kier alpha value is -2.45. The molecule has 9 heteroatoms. The summed E-state index contributed by atoms with van der Waals surface area (Å²) in [4.78, 5) is 47.8. The number of halogens is 1. The third kappa shape index (κ3) is 10.9. The molecule has 0 aliphatic heterocycles. The Labute approximate surface area is 183 Å². The van der Waals surface area contributed by atoms with Gasteiger partial charge in [-0.15, -0.1) is 12.4 Å². The van der Waals surface area contributed by atoms with E-state index >= 15 is 0 Å². The lowest BCUT2D eigenvalue weighted by atomic mass is 10.0. The zero-order chi connectivity index (χ0) is 21.6. The van der Waals surface area contributed by atoms with Crippen molar-refractivity contribution in [3.05, 3.63) is 35.9 Å². The molecule has 0 bridgehead atoms. The van der Waals surface area contributed by atoms with Gasteiger partial charge in [0.2, 0.25) is 11.7 Å². The normalized spacial score (nSPS) is 12.2. The van der Waals surface area contributed by atoms with Crippen molar-refractivity contribution in [1.29, 1.82) is 0 Å². The second-order valence-corrected chi connectivity index (χ2v) is 7.03. The van der Waals surface area contributed by atoms with Gasteiger partial charge >= 0.3 is 5.97 Å². The fraction of sp³-hybridized carbons (Fsp3) is 0.524. The third-order valence-electron chi connectivity index (χ3n) is 4.58. The predicted molar refractivity (Wildman–Crippen MR) is 116 cm³/mol. The number of carbonyl (C=O) groups excluding carboxylic acids is 3. The average Bonchev–Trinajstić information content (AvgIpc) is 2.71. The maximum absolute atomic E-state index is 12.6. The van der Waals surface area contributed by atoms with E-state index in [9.17, 15) is 19.2 Å². The second kappa shape index (κ2) is 15.4. The van der Waals surface area contributed by atoms with Crippen LogP contribution >= 0.6 is 12.4 Å². The molecular formula is C21H32ClN3O5. The lowest BCUT2D eigenvalue weighted by Gasteiger charge is -2.19. The molecule has 30 heavy (non-hydrogen) atoms. The number of hydrogen-bond donors (Lipinski definition) is 4. The van der Waals surface area contributed by atoms with Crippen molar-refractivity contribution < 1.29 is 24.3 Å². The number of carboxylic acids is 1. The van der Waals surface area contributed by atoms with Crippen LogP contribution in [0.4, 0.5) is 0 Å². The molecule has 5 N–H and O–H groups in total. The van der Waals surface area contributed by atoms with E-state index < -0.39 is 35.5 Å². The molecule has 0 aliphatic carbocycles. The Morgan fingerprint density at radius 1 is 1.07 bits per heavy atom. The molecule has 0 unspecified atom stereocenters. The molecule has 2 atom stereocenters. The summed E-state index contributed by atoms with van der Waals surface area (Å²) in [6.45, 7) is 2.36. The highest BCUT2D eigenvalue weighted by Crippen LogP contribution is 2.09. The lowest BCUT2D eigenvalue weighted by molar-refractivity contribution is -0.140. The molecule has 0 aromatic heterocycles. The largest absolute Gasteiger partial charge is 0.481 e. The number of amides is 2. The van der Waals surface area contributed by atoms with Crippen LogP contribution in [0.5, 0.6) is 0 Å². The van der Waals surface area contributed by atoms with Gasteiger partial charge in [-0.05, 0) is 44.2 Å². The summed E-state index contributed by atoms with van der Waals surface area (Å²) in [5, 5.41) is 14.0. The van der Waals surface area contributed by atoms with Crippen molar-refractivity contribution in [3.8, 4) is 0 Å². The number of aliphatic carboxylic acids is 1. The van der Waals surface area contributed by atoms with Crippen molar-refractivity contribution >= 4 is 36.0 Å². The zero-order valence-electron chi connectivity index (χ0n) is 17.3. The van der Waals surface area contributed by atoms with Crippen LogP contribution in [0.25, 0.3) is 0 Å². The van der Waals surface area contributed by atoms with Crippen LogP contribution in [0.2, 0.25) is 0 Å². The van der Waals surface area contributed by atoms with Crippen LogP contribution in [0.3, 0.4) is 0 Å². The highest BCUT2D eigenvalue weighted by Gasteiger charge is 2.28. The first-order chi connectivity index (χ1) is 13.8. The van der Waals surface area contributed by atoms with Gasteiger partial charge in [0.05, 0.1) is 6.04 Å². The van der Waals surface area contributed by atoms with Gasteiger partial charge in [0.1, 0.15) is 0 Å². The molecule has 1 rings (SSSR count). The molecule has 2 amide bonds. The summed E-state index contributed by atoms with van der Waals surface area (Å²) < 4.78 is 0. The summed E-state index contributed by atoms with van der Waals surface area (Å²) >= 11 is 0. The van der Waals surface area contributed by atoms with Crippen molar-refractivity contribution in [1.82, 2.24) is 10.6 Å². The molecule has 0 saturated heterocycles. The van der Waals surface area contributed by atoms with Crippen LogP contribution in [-0.2, 0) is 25.6 Å². The Bertz CT molecular complexity index is 684. The molecule has 0 aliphatic rings. The summed E-state index contributed by atoms with van der Waals surface area (Å²) in [6.07, 6.45) is 2.18. The maximum atomic E-state index is 12.6. The minimum atomic E-state index is -0.988. The fourth-order valence-electron chi connectivity index (χ4n) is 2.76. The number of benzene rings is 1. The van der Waals surface area contributed by atoms with Crippen molar-refractivity contribution in [2.45, 2.75) is 51.5 Å².